The van der Waals surface area contributed by atoms with Crippen LogP contribution in [-0.4, -0.2) is 31.2 Å². The topological polar surface area (TPSA) is 46.2 Å². The first kappa shape index (κ1) is 17.5. The van der Waals surface area contributed by atoms with Crippen LogP contribution in [0.4, 0.5) is 0 Å². The Kier molecular flexibility index (Phi) is 7.06. The lowest BCUT2D eigenvalue weighted by atomic mass is 10.2. The average molecular weight is 316 g/mol. The summed E-state index contributed by atoms with van der Waals surface area (Å²) in [5.74, 6) is 0.857. The van der Waals surface area contributed by atoms with Gasteiger partial charge in [-0.05, 0) is 31.5 Å². The van der Waals surface area contributed by atoms with Gasteiger partial charge in [0.05, 0.1) is 11.0 Å². The Balaban J connectivity index is 2.42. The number of hydrogen-bond donors (Lipinski definition) is 1. The van der Waals surface area contributed by atoms with E-state index in [4.69, 9.17) is 0 Å². The predicted molar refractivity (Wildman–Crippen MR) is 88.1 cm³/mol. The maximum atomic E-state index is 11.7. The zero-order valence-electron chi connectivity index (χ0n) is 12.7. The summed E-state index contributed by atoms with van der Waals surface area (Å²) >= 11 is 1.60. The first-order valence-corrected chi connectivity index (χ1v) is 9.68. The van der Waals surface area contributed by atoms with Crippen molar-refractivity contribution in [2.24, 2.45) is 0 Å². The summed E-state index contributed by atoms with van der Waals surface area (Å²) in [5, 5.41) is 3.09. The smallest absolute Gasteiger partial charge is 0.153 e. The number of rotatable bonds is 8. The van der Waals surface area contributed by atoms with Gasteiger partial charge < -0.3 is 5.32 Å². The van der Waals surface area contributed by atoms with Crippen molar-refractivity contribution in [1.29, 1.82) is 0 Å². The molecule has 0 bridgehead atoms. The maximum Gasteiger partial charge on any atom is 0.153 e. The van der Waals surface area contributed by atoms with Gasteiger partial charge in [-0.3, -0.25) is 0 Å². The van der Waals surface area contributed by atoms with Crippen LogP contribution >= 0.6 is 11.8 Å². The van der Waals surface area contributed by atoms with Gasteiger partial charge in [-0.1, -0.05) is 26.0 Å². The molecule has 114 valence electrons. The predicted octanol–water partition coefficient (Wildman–Crippen LogP) is 3.10. The third-order valence-corrected chi connectivity index (χ3v) is 6.47. The molecule has 0 fully saturated rings. The van der Waals surface area contributed by atoms with Crippen LogP contribution in [0.5, 0.6) is 0 Å². The number of thioether (sulfide) groups is 1. The van der Waals surface area contributed by atoms with Gasteiger partial charge in [0.2, 0.25) is 0 Å². The Morgan fingerprint density at radius 3 is 2.20 bits per heavy atom. The minimum atomic E-state index is -2.93. The van der Waals surface area contributed by atoms with Gasteiger partial charge in [0, 0.05) is 23.2 Å². The SMILES string of the molecule is CC(C)NCc1ccc(SCCS(=O)(=O)C(C)C)cc1. The van der Waals surface area contributed by atoms with E-state index in [0.29, 0.717) is 11.8 Å². The third-order valence-electron chi connectivity index (χ3n) is 2.99. The van der Waals surface area contributed by atoms with Crippen molar-refractivity contribution in [2.75, 3.05) is 11.5 Å². The standard InChI is InChI=1S/C15H25NO2S2/c1-12(2)16-11-14-5-7-15(8-6-14)19-9-10-20(17,18)13(3)4/h5-8,12-13,16H,9-11H2,1-4H3. The summed E-state index contributed by atoms with van der Waals surface area (Å²) in [5.41, 5.74) is 1.25. The lowest BCUT2D eigenvalue weighted by Crippen LogP contribution is -2.21. The zero-order chi connectivity index (χ0) is 15.2. The van der Waals surface area contributed by atoms with Crippen LogP contribution in [0.2, 0.25) is 0 Å². The average Bonchev–Trinajstić information content (AvgIpc) is 2.37. The second-order valence-corrected chi connectivity index (χ2v) is 9.29. The molecule has 1 aromatic rings. The van der Waals surface area contributed by atoms with Gasteiger partial charge in [0.25, 0.3) is 0 Å². The van der Waals surface area contributed by atoms with Crippen LogP contribution in [0.3, 0.4) is 0 Å². The molecule has 0 amide bonds. The number of nitrogens with one attached hydrogen (secondary N) is 1. The Morgan fingerprint density at radius 2 is 1.70 bits per heavy atom. The van der Waals surface area contributed by atoms with Gasteiger partial charge in [0.15, 0.2) is 9.84 Å². The maximum absolute atomic E-state index is 11.7. The summed E-state index contributed by atoms with van der Waals surface area (Å²) in [6.45, 7) is 8.58. The van der Waals surface area contributed by atoms with E-state index >= 15 is 0 Å². The van der Waals surface area contributed by atoms with E-state index in [0.717, 1.165) is 11.4 Å². The number of sulfone groups is 1. The second kappa shape index (κ2) is 8.05. The molecule has 0 radical (unpaired) electrons. The van der Waals surface area contributed by atoms with Crippen molar-refractivity contribution in [3.8, 4) is 0 Å². The normalized spacial score (nSPS) is 12.3. The Hall–Kier alpha value is -0.520. The molecule has 0 unspecified atom stereocenters. The van der Waals surface area contributed by atoms with E-state index in [9.17, 15) is 8.42 Å². The molecular weight excluding hydrogens is 290 g/mol. The molecule has 3 nitrogen and oxygen atoms in total. The van der Waals surface area contributed by atoms with E-state index in [2.05, 4.69) is 43.4 Å². The molecule has 20 heavy (non-hydrogen) atoms. The molecule has 0 aliphatic rings. The lowest BCUT2D eigenvalue weighted by Gasteiger charge is -2.09. The largest absolute Gasteiger partial charge is 0.310 e. The Bertz CT molecular complexity index is 493. The number of benzene rings is 1. The summed E-state index contributed by atoms with van der Waals surface area (Å²) in [6.07, 6.45) is 0. The fourth-order valence-electron chi connectivity index (χ4n) is 1.54. The first-order chi connectivity index (χ1) is 9.31. The fourth-order valence-corrected chi connectivity index (χ4v) is 3.84. The van der Waals surface area contributed by atoms with Crippen molar-refractivity contribution in [2.45, 2.75) is 50.4 Å². The third kappa shape index (κ3) is 6.29. The summed E-state index contributed by atoms with van der Waals surface area (Å²) in [7, 11) is -2.93. The van der Waals surface area contributed by atoms with E-state index in [1.165, 1.54) is 5.56 Å². The van der Waals surface area contributed by atoms with Crippen LogP contribution in [-0.2, 0) is 16.4 Å². The van der Waals surface area contributed by atoms with Gasteiger partial charge in [0.1, 0.15) is 0 Å². The molecule has 1 rings (SSSR count). The highest BCUT2D eigenvalue weighted by atomic mass is 32.2. The van der Waals surface area contributed by atoms with Crippen LogP contribution in [0.1, 0.15) is 33.3 Å². The molecule has 1 aromatic carbocycles. The van der Waals surface area contributed by atoms with Crippen molar-refractivity contribution in [1.82, 2.24) is 5.32 Å². The van der Waals surface area contributed by atoms with Crippen molar-refractivity contribution < 1.29 is 8.42 Å². The molecule has 5 heteroatoms. The molecule has 0 aliphatic heterocycles. The molecule has 0 saturated carbocycles. The second-order valence-electron chi connectivity index (χ2n) is 5.44. The van der Waals surface area contributed by atoms with Gasteiger partial charge in [-0.25, -0.2) is 8.42 Å². The quantitative estimate of drug-likeness (QED) is 0.749. The summed E-state index contributed by atoms with van der Waals surface area (Å²) in [6, 6.07) is 8.78. The molecule has 0 spiro atoms. The van der Waals surface area contributed by atoms with Gasteiger partial charge >= 0.3 is 0 Å². The van der Waals surface area contributed by atoms with E-state index in [1.807, 2.05) is 0 Å². The molecule has 0 saturated heterocycles. The minimum absolute atomic E-state index is 0.242. The fraction of sp³-hybridized carbons (Fsp3) is 0.600. The monoisotopic (exact) mass is 315 g/mol. The highest BCUT2D eigenvalue weighted by molar-refractivity contribution is 8.00. The number of hydrogen-bond acceptors (Lipinski definition) is 4. The molecule has 0 aliphatic carbocycles. The van der Waals surface area contributed by atoms with Crippen LogP contribution in [0, 0.1) is 0 Å². The zero-order valence-corrected chi connectivity index (χ0v) is 14.4. The minimum Gasteiger partial charge on any atom is -0.310 e. The lowest BCUT2D eigenvalue weighted by molar-refractivity contribution is 0.588. The molecule has 1 N–H and O–H groups in total. The summed E-state index contributed by atoms with van der Waals surface area (Å²) < 4.78 is 23.4. The Morgan fingerprint density at radius 1 is 1.10 bits per heavy atom. The molecular formula is C15H25NO2S2. The van der Waals surface area contributed by atoms with E-state index < -0.39 is 9.84 Å². The molecule has 0 heterocycles. The summed E-state index contributed by atoms with van der Waals surface area (Å²) in [4.78, 5) is 1.12. The van der Waals surface area contributed by atoms with Crippen LogP contribution < -0.4 is 5.32 Å². The Labute approximate surface area is 127 Å². The van der Waals surface area contributed by atoms with E-state index in [-0.39, 0.29) is 11.0 Å². The highest BCUT2D eigenvalue weighted by Gasteiger charge is 2.15. The van der Waals surface area contributed by atoms with Crippen LogP contribution in [0.15, 0.2) is 29.2 Å². The van der Waals surface area contributed by atoms with Gasteiger partial charge in [-0.2, -0.15) is 0 Å². The van der Waals surface area contributed by atoms with Crippen molar-refractivity contribution in [3.05, 3.63) is 29.8 Å². The van der Waals surface area contributed by atoms with Crippen molar-refractivity contribution in [3.63, 3.8) is 0 Å². The van der Waals surface area contributed by atoms with Crippen molar-refractivity contribution >= 4 is 21.6 Å². The van der Waals surface area contributed by atoms with Gasteiger partial charge in [-0.15, -0.1) is 11.8 Å². The highest BCUT2D eigenvalue weighted by Crippen LogP contribution is 2.19. The molecule has 0 atom stereocenters. The first-order valence-electron chi connectivity index (χ1n) is 6.98. The molecule has 0 aromatic heterocycles. The van der Waals surface area contributed by atoms with Crippen LogP contribution in [0.25, 0.3) is 0 Å². The van der Waals surface area contributed by atoms with E-state index in [1.54, 1.807) is 25.6 Å².